The molecule has 1 unspecified atom stereocenters. The predicted octanol–water partition coefficient (Wildman–Crippen LogP) is 4.71. The van der Waals surface area contributed by atoms with Crippen LogP contribution >= 0.6 is 0 Å². The lowest BCUT2D eigenvalue weighted by atomic mass is 9.88. The molecule has 0 saturated carbocycles. The van der Waals surface area contributed by atoms with Crippen molar-refractivity contribution in [2.75, 3.05) is 19.8 Å². The molecular formula is C24H33N3O3. The van der Waals surface area contributed by atoms with Gasteiger partial charge in [-0.05, 0) is 36.8 Å². The number of nitrogens with one attached hydrogen (secondary N) is 2. The van der Waals surface area contributed by atoms with Crippen LogP contribution in [0.15, 0.2) is 48.5 Å². The van der Waals surface area contributed by atoms with Crippen molar-refractivity contribution in [1.82, 2.24) is 10.6 Å². The van der Waals surface area contributed by atoms with Gasteiger partial charge in [0.05, 0.1) is 4.92 Å². The number of hydrogen-bond acceptors (Lipinski definition) is 5. The molecule has 1 aliphatic heterocycles. The van der Waals surface area contributed by atoms with Crippen LogP contribution in [-0.4, -0.2) is 30.2 Å². The summed E-state index contributed by atoms with van der Waals surface area (Å²) in [6.07, 6.45) is 1.87. The van der Waals surface area contributed by atoms with Crippen molar-refractivity contribution < 1.29 is 9.66 Å². The number of hydrogen-bond donors (Lipinski definition) is 2. The van der Waals surface area contributed by atoms with Crippen LogP contribution in [0.2, 0.25) is 0 Å². The molecule has 0 aromatic heterocycles. The van der Waals surface area contributed by atoms with Gasteiger partial charge in [-0.3, -0.25) is 10.1 Å². The van der Waals surface area contributed by atoms with E-state index in [0.29, 0.717) is 6.54 Å². The summed E-state index contributed by atoms with van der Waals surface area (Å²) >= 11 is 0. The Labute approximate surface area is 179 Å². The standard InChI is InChI=1S/C24H33N3O3/c1-18(2)22-10-9-20(15-23(22)27(28)29)16-25-17-24(11-13-30-14-12-24)26-19(3)21-7-5-4-6-8-21/h4-10,15,18-19,25-26H,11-14,16-17H2,1-3H3. The number of nitrogens with zero attached hydrogens (tertiary/aromatic N) is 1. The Kier molecular flexibility index (Phi) is 7.58. The van der Waals surface area contributed by atoms with Gasteiger partial charge in [-0.15, -0.1) is 0 Å². The number of ether oxygens (including phenoxy) is 1. The van der Waals surface area contributed by atoms with Gasteiger partial charge in [0.2, 0.25) is 0 Å². The van der Waals surface area contributed by atoms with Crippen molar-refractivity contribution in [1.29, 1.82) is 0 Å². The lowest BCUT2D eigenvalue weighted by molar-refractivity contribution is -0.385. The molecule has 0 bridgehead atoms. The lowest BCUT2D eigenvalue weighted by Gasteiger charge is -2.41. The van der Waals surface area contributed by atoms with Crippen molar-refractivity contribution in [2.24, 2.45) is 0 Å². The average molecular weight is 412 g/mol. The van der Waals surface area contributed by atoms with Crippen LogP contribution in [0.5, 0.6) is 0 Å². The Morgan fingerprint density at radius 2 is 1.80 bits per heavy atom. The third-order valence-corrected chi connectivity index (χ3v) is 5.98. The molecule has 1 heterocycles. The molecule has 162 valence electrons. The molecule has 1 saturated heterocycles. The highest BCUT2D eigenvalue weighted by atomic mass is 16.6. The smallest absolute Gasteiger partial charge is 0.273 e. The minimum Gasteiger partial charge on any atom is -0.381 e. The number of rotatable bonds is 9. The van der Waals surface area contributed by atoms with Gasteiger partial charge in [-0.25, -0.2) is 0 Å². The quantitative estimate of drug-likeness (QED) is 0.462. The number of nitro benzene ring substituents is 1. The van der Waals surface area contributed by atoms with Crippen molar-refractivity contribution >= 4 is 5.69 Å². The molecule has 30 heavy (non-hydrogen) atoms. The second-order valence-electron chi connectivity index (χ2n) is 8.58. The lowest BCUT2D eigenvalue weighted by Crippen LogP contribution is -2.56. The average Bonchev–Trinajstić information content (AvgIpc) is 2.74. The molecular weight excluding hydrogens is 378 g/mol. The van der Waals surface area contributed by atoms with Crippen LogP contribution in [0.3, 0.4) is 0 Å². The van der Waals surface area contributed by atoms with E-state index >= 15 is 0 Å². The van der Waals surface area contributed by atoms with Gasteiger partial charge in [0.1, 0.15) is 0 Å². The first kappa shape index (κ1) is 22.4. The predicted molar refractivity (Wildman–Crippen MR) is 120 cm³/mol. The van der Waals surface area contributed by atoms with E-state index in [1.165, 1.54) is 5.56 Å². The molecule has 2 aromatic rings. The third-order valence-electron chi connectivity index (χ3n) is 5.98. The van der Waals surface area contributed by atoms with E-state index in [0.717, 1.165) is 43.7 Å². The fourth-order valence-corrected chi connectivity index (χ4v) is 4.21. The molecule has 1 aliphatic rings. The van der Waals surface area contributed by atoms with Crippen LogP contribution in [0.4, 0.5) is 5.69 Å². The summed E-state index contributed by atoms with van der Waals surface area (Å²) < 4.78 is 5.61. The van der Waals surface area contributed by atoms with Crippen LogP contribution < -0.4 is 10.6 Å². The molecule has 3 rings (SSSR count). The Hall–Kier alpha value is -2.28. The van der Waals surface area contributed by atoms with Crippen LogP contribution in [0.1, 0.15) is 62.3 Å². The van der Waals surface area contributed by atoms with E-state index in [9.17, 15) is 10.1 Å². The second kappa shape index (κ2) is 10.2. The fourth-order valence-electron chi connectivity index (χ4n) is 4.21. The maximum atomic E-state index is 11.5. The first-order valence-electron chi connectivity index (χ1n) is 10.8. The zero-order valence-electron chi connectivity index (χ0n) is 18.2. The van der Waals surface area contributed by atoms with Crippen molar-refractivity contribution in [3.8, 4) is 0 Å². The highest BCUT2D eigenvalue weighted by Crippen LogP contribution is 2.28. The Morgan fingerprint density at radius 1 is 1.10 bits per heavy atom. The van der Waals surface area contributed by atoms with Crippen molar-refractivity contribution in [3.05, 3.63) is 75.3 Å². The van der Waals surface area contributed by atoms with Crippen molar-refractivity contribution in [3.63, 3.8) is 0 Å². The van der Waals surface area contributed by atoms with Gasteiger partial charge in [0.25, 0.3) is 5.69 Å². The highest BCUT2D eigenvalue weighted by Gasteiger charge is 2.33. The van der Waals surface area contributed by atoms with E-state index in [-0.39, 0.29) is 28.1 Å². The fraction of sp³-hybridized carbons (Fsp3) is 0.500. The molecule has 2 aromatic carbocycles. The second-order valence-corrected chi connectivity index (χ2v) is 8.58. The number of nitro groups is 1. The van der Waals surface area contributed by atoms with Crippen LogP contribution in [0.25, 0.3) is 0 Å². The molecule has 2 N–H and O–H groups in total. The summed E-state index contributed by atoms with van der Waals surface area (Å²) in [4.78, 5) is 11.2. The Morgan fingerprint density at radius 3 is 2.43 bits per heavy atom. The minimum atomic E-state index is -0.276. The minimum absolute atomic E-state index is 0.0582. The van der Waals surface area contributed by atoms with E-state index in [4.69, 9.17) is 4.74 Å². The first-order valence-corrected chi connectivity index (χ1v) is 10.8. The zero-order chi connectivity index (χ0) is 21.6. The monoisotopic (exact) mass is 411 g/mol. The molecule has 1 fully saturated rings. The molecule has 6 heteroatoms. The van der Waals surface area contributed by atoms with Gasteiger partial charge in [0, 0.05) is 49.5 Å². The third kappa shape index (κ3) is 5.65. The molecule has 0 amide bonds. The highest BCUT2D eigenvalue weighted by molar-refractivity contribution is 5.45. The van der Waals surface area contributed by atoms with Crippen LogP contribution in [0, 0.1) is 10.1 Å². The SMILES string of the molecule is CC(C)c1ccc(CNCC2(NC(C)c3ccccc3)CCOCC2)cc1[N+](=O)[O-]. The molecule has 0 radical (unpaired) electrons. The first-order chi connectivity index (χ1) is 14.4. The van der Waals surface area contributed by atoms with E-state index in [1.807, 2.05) is 32.0 Å². The summed E-state index contributed by atoms with van der Waals surface area (Å²) in [5.74, 6) is 0.126. The van der Waals surface area contributed by atoms with Crippen molar-refractivity contribution in [2.45, 2.75) is 57.7 Å². The summed E-state index contributed by atoms with van der Waals surface area (Å²) in [6.45, 7) is 9.02. The summed E-state index contributed by atoms with van der Waals surface area (Å²) in [5.41, 5.74) is 3.13. The summed E-state index contributed by atoms with van der Waals surface area (Å²) in [7, 11) is 0. The van der Waals surface area contributed by atoms with E-state index in [2.05, 4.69) is 41.8 Å². The maximum absolute atomic E-state index is 11.5. The normalized spacial score (nSPS) is 17.1. The maximum Gasteiger partial charge on any atom is 0.273 e. The van der Waals surface area contributed by atoms with Gasteiger partial charge in [0.15, 0.2) is 0 Å². The summed E-state index contributed by atoms with van der Waals surface area (Å²) in [6, 6.07) is 16.3. The van der Waals surface area contributed by atoms with Gasteiger partial charge in [-0.1, -0.05) is 56.3 Å². The molecule has 0 aliphatic carbocycles. The summed E-state index contributed by atoms with van der Waals surface area (Å²) in [5, 5.41) is 18.8. The largest absolute Gasteiger partial charge is 0.381 e. The van der Waals surface area contributed by atoms with E-state index < -0.39 is 0 Å². The van der Waals surface area contributed by atoms with Gasteiger partial charge >= 0.3 is 0 Å². The Balaban J connectivity index is 1.66. The molecule has 6 nitrogen and oxygen atoms in total. The van der Waals surface area contributed by atoms with Crippen LogP contribution in [-0.2, 0) is 11.3 Å². The zero-order valence-corrected chi connectivity index (χ0v) is 18.2. The van der Waals surface area contributed by atoms with Gasteiger partial charge in [-0.2, -0.15) is 0 Å². The van der Waals surface area contributed by atoms with Gasteiger partial charge < -0.3 is 15.4 Å². The van der Waals surface area contributed by atoms with E-state index in [1.54, 1.807) is 6.07 Å². The Bertz CT molecular complexity index is 833. The molecule has 0 spiro atoms. The number of benzene rings is 2. The molecule has 1 atom stereocenters. The topological polar surface area (TPSA) is 76.4 Å².